The molecule has 1 N–H and O–H groups in total. The Hall–Kier alpha value is -0.0800. The standard InChI is InChI=1S/C12H26N2/c1-10-7-8-14(11(2,3)4)12(5,6)9-13-10/h10,13H,7-9H2,1-6H3. The van der Waals surface area contributed by atoms with Crippen LogP contribution in [0.1, 0.15) is 48.0 Å². The zero-order valence-electron chi connectivity index (χ0n) is 10.6. The highest BCUT2D eigenvalue weighted by molar-refractivity contribution is 4.94. The molecule has 1 rings (SSSR count). The molecular weight excluding hydrogens is 172 g/mol. The molecule has 1 atom stereocenters. The topological polar surface area (TPSA) is 15.3 Å². The van der Waals surface area contributed by atoms with Gasteiger partial charge in [-0.1, -0.05) is 0 Å². The zero-order chi connectivity index (χ0) is 11.0. The summed E-state index contributed by atoms with van der Waals surface area (Å²) in [6, 6.07) is 0.654. The lowest BCUT2D eigenvalue weighted by Gasteiger charge is -2.46. The van der Waals surface area contributed by atoms with Crippen LogP contribution in [0.15, 0.2) is 0 Å². The van der Waals surface area contributed by atoms with Crippen molar-refractivity contribution in [2.45, 2.75) is 65.1 Å². The van der Waals surface area contributed by atoms with E-state index in [1.54, 1.807) is 0 Å². The SMILES string of the molecule is CC1CCN(C(C)(C)C)C(C)(C)CN1. The predicted octanol–water partition coefficient (Wildman–Crippen LogP) is 2.25. The molecule has 14 heavy (non-hydrogen) atoms. The van der Waals surface area contributed by atoms with Crippen LogP contribution in [-0.4, -0.2) is 35.1 Å². The molecule has 0 saturated carbocycles. The van der Waals surface area contributed by atoms with E-state index in [9.17, 15) is 0 Å². The van der Waals surface area contributed by atoms with Gasteiger partial charge in [0.15, 0.2) is 0 Å². The quantitative estimate of drug-likeness (QED) is 0.642. The molecule has 0 amide bonds. The van der Waals surface area contributed by atoms with E-state index in [1.807, 2.05) is 0 Å². The lowest BCUT2D eigenvalue weighted by molar-refractivity contribution is 0.0372. The minimum Gasteiger partial charge on any atom is -0.312 e. The summed E-state index contributed by atoms with van der Waals surface area (Å²) in [5, 5.41) is 3.60. The molecule has 0 aromatic heterocycles. The lowest BCUT2D eigenvalue weighted by atomic mass is 9.94. The van der Waals surface area contributed by atoms with Gasteiger partial charge in [0.1, 0.15) is 0 Å². The first-order chi connectivity index (χ1) is 6.23. The van der Waals surface area contributed by atoms with Gasteiger partial charge in [-0.3, -0.25) is 4.90 Å². The molecule has 2 nitrogen and oxygen atoms in total. The summed E-state index contributed by atoms with van der Waals surface area (Å²) in [6.07, 6.45) is 1.25. The maximum absolute atomic E-state index is 3.60. The van der Waals surface area contributed by atoms with Crippen LogP contribution in [0.3, 0.4) is 0 Å². The van der Waals surface area contributed by atoms with Crippen molar-refractivity contribution < 1.29 is 0 Å². The predicted molar refractivity (Wildman–Crippen MR) is 62.6 cm³/mol. The molecule has 0 aromatic rings. The van der Waals surface area contributed by atoms with Crippen molar-refractivity contribution in [3.63, 3.8) is 0 Å². The summed E-state index contributed by atoms with van der Waals surface area (Å²) in [5.74, 6) is 0. The lowest BCUT2D eigenvalue weighted by Crippen LogP contribution is -2.56. The number of nitrogens with zero attached hydrogens (tertiary/aromatic N) is 1. The fourth-order valence-electron chi connectivity index (χ4n) is 2.49. The van der Waals surface area contributed by atoms with E-state index in [2.05, 4.69) is 51.8 Å². The Bertz CT molecular complexity index is 191. The van der Waals surface area contributed by atoms with Gasteiger partial charge in [0.2, 0.25) is 0 Å². The van der Waals surface area contributed by atoms with Crippen molar-refractivity contribution in [1.82, 2.24) is 10.2 Å². The van der Waals surface area contributed by atoms with Gasteiger partial charge < -0.3 is 5.32 Å². The molecule has 0 aromatic carbocycles. The van der Waals surface area contributed by atoms with Crippen molar-refractivity contribution >= 4 is 0 Å². The second kappa shape index (κ2) is 3.82. The molecular formula is C12H26N2. The molecule has 0 aliphatic carbocycles. The van der Waals surface area contributed by atoms with Crippen LogP contribution in [0.4, 0.5) is 0 Å². The Balaban J connectivity index is 2.81. The highest BCUT2D eigenvalue weighted by Crippen LogP contribution is 2.27. The van der Waals surface area contributed by atoms with Crippen LogP contribution in [0.2, 0.25) is 0 Å². The van der Waals surface area contributed by atoms with Gasteiger partial charge in [0.25, 0.3) is 0 Å². The van der Waals surface area contributed by atoms with Crippen LogP contribution in [0.5, 0.6) is 0 Å². The molecule has 1 fully saturated rings. The number of nitrogens with one attached hydrogen (secondary N) is 1. The average molecular weight is 198 g/mol. The van der Waals surface area contributed by atoms with Crippen LogP contribution < -0.4 is 5.32 Å². The van der Waals surface area contributed by atoms with Gasteiger partial charge in [-0.25, -0.2) is 0 Å². The molecule has 2 heteroatoms. The Kier molecular flexibility index (Phi) is 3.27. The fourth-order valence-corrected chi connectivity index (χ4v) is 2.49. The average Bonchev–Trinajstić information content (AvgIpc) is 2.09. The Morgan fingerprint density at radius 2 is 1.86 bits per heavy atom. The highest BCUT2D eigenvalue weighted by atomic mass is 15.3. The van der Waals surface area contributed by atoms with E-state index >= 15 is 0 Å². The Morgan fingerprint density at radius 3 is 2.36 bits per heavy atom. The number of hydrogen-bond acceptors (Lipinski definition) is 2. The van der Waals surface area contributed by atoms with Crippen molar-refractivity contribution in [2.75, 3.05) is 13.1 Å². The zero-order valence-corrected chi connectivity index (χ0v) is 10.6. The van der Waals surface area contributed by atoms with Crippen molar-refractivity contribution in [1.29, 1.82) is 0 Å². The van der Waals surface area contributed by atoms with E-state index in [-0.39, 0.29) is 11.1 Å². The van der Waals surface area contributed by atoms with Gasteiger partial charge in [-0.05, 0) is 48.0 Å². The van der Waals surface area contributed by atoms with Gasteiger partial charge in [0, 0.05) is 30.2 Å². The first-order valence-electron chi connectivity index (χ1n) is 5.74. The molecule has 1 aliphatic rings. The van der Waals surface area contributed by atoms with Crippen molar-refractivity contribution in [2.24, 2.45) is 0 Å². The third-order valence-corrected chi connectivity index (χ3v) is 3.21. The van der Waals surface area contributed by atoms with Crippen molar-refractivity contribution in [3.8, 4) is 0 Å². The molecule has 0 spiro atoms. The third-order valence-electron chi connectivity index (χ3n) is 3.21. The number of hydrogen-bond donors (Lipinski definition) is 1. The van der Waals surface area contributed by atoms with Gasteiger partial charge >= 0.3 is 0 Å². The van der Waals surface area contributed by atoms with E-state index in [4.69, 9.17) is 0 Å². The van der Waals surface area contributed by atoms with E-state index in [1.165, 1.54) is 13.0 Å². The molecule has 1 aliphatic heterocycles. The normalized spacial score (nSPS) is 30.0. The number of rotatable bonds is 0. The summed E-state index contributed by atoms with van der Waals surface area (Å²) < 4.78 is 0. The summed E-state index contributed by atoms with van der Waals surface area (Å²) in [7, 11) is 0. The van der Waals surface area contributed by atoms with Gasteiger partial charge in [-0.15, -0.1) is 0 Å². The van der Waals surface area contributed by atoms with Crippen molar-refractivity contribution in [3.05, 3.63) is 0 Å². The third kappa shape index (κ3) is 2.71. The first-order valence-corrected chi connectivity index (χ1v) is 5.74. The summed E-state index contributed by atoms with van der Waals surface area (Å²) >= 11 is 0. The maximum atomic E-state index is 3.60. The molecule has 0 radical (unpaired) electrons. The van der Waals surface area contributed by atoms with Crippen LogP contribution in [-0.2, 0) is 0 Å². The Morgan fingerprint density at radius 1 is 1.29 bits per heavy atom. The Labute approximate surface area is 89.1 Å². The summed E-state index contributed by atoms with van der Waals surface area (Å²) in [4.78, 5) is 2.62. The molecule has 1 unspecified atom stereocenters. The molecule has 1 heterocycles. The van der Waals surface area contributed by atoms with Crippen LogP contribution >= 0.6 is 0 Å². The van der Waals surface area contributed by atoms with Crippen LogP contribution in [0, 0.1) is 0 Å². The van der Waals surface area contributed by atoms with E-state index < -0.39 is 0 Å². The summed E-state index contributed by atoms with van der Waals surface area (Å²) in [6.45, 7) is 16.2. The van der Waals surface area contributed by atoms with E-state index in [0.717, 1.165) is 6.54 Å². The highest BCUT2D eigenvalue weighted by Gasteiger charge is 2.36. The second-order valence-electron chi connectivity index (χ2n) is 6.21. The maximum Gasteiger partial charge on any atom is 0.0282 e. The first kappa shape index (κ1) is 12.0. The minimum absolute atomic E-state index is 0.267. The van der Waals surface area contributed by atoms with Gasteiger partial charge in [0.05, 0.1) is 0 Å². The van der Waals surface area contributed by atoms with Crippen LogP contribution in [0.25, 0.3) is 0 Å². The molecule has 1 saturated heterocycles. The fraction of sp³-hybridized carbons (Fsp3) is 1.00. The molecule has 0 bridgehead atoms. The summed E-state index contributed by atoms with van der Waals surface area (Å²) in [5.41, 5.74) is 0.540. The van der Waals surface area contributed by atoms with E-state index in [0.29, 0.717) is 6.04 Å². The van der Waals surface area contributed by atoms with Gasteiger partial charge in [-0.2, -0.15) is 0 Å². The second-order valence-corrected chi connectivity index (χ2v) is 6.21. The minimum atomic E-state index is 0.267. The largest absolute Gasteiger partial charge is 0.312 e. The molecule has 84 valence electrons. The monoisotopic (exact) mass is 198 g/mol. The smallest absolute Gasteiger partial charge is 0.0282 e.